The number of methoxy groups -OCH3 is 1. The lowest BCUT2D eigenvalue weighted by Crippen LogP contribution is -2.29. The number of carboxylic acid groups (broad SMARTS) is 4. The summed E-state index contributed by atoms with van der Waals surface area (Å²) in [5.74, 6) is -3.10. The molecule has 4 rings (SSSR count). The van der Waals surface area contributed by atoms with Crippen LogP contribution in [0.4, 0.5) is 0 Å². The number of phenolic OH excluding ortho intramolecular Hbond substituents is 2. The molecule has 4 aromatic carbocycles. The number of hydrogen-bond donors (Lipinski definition) is 10. The second-order valence-corrected chi connectivity index (χ2v) is 16.6. The van der Waals surface area contributed by atoms with Gasteiger partial charge in [0.2, 0.25) is 0 Å². The van der Waals surface area contributed by atoms with E-state index < -0.39 is 48.0 Å². The van der Waals surface area contributed by atoms with Crippen molar-refractivity contribution in [1.82, 2.24) is 0 Å². The van der Waals surface area contributed by atoms with Crippen LogP contribution in [-0.2, 0) is 19.2 Å². The second-order valence-electron chi connectivity index (χ2n) is 16.6. The average molecular weight is 1030 g/mol. The van der Waals surface area contributed by atoms with Crippen molar-refractivity contribution < 1.29 is 54.6 Å². The van der Waals surface area contributed by atoms with Crippen LogP contribution in [0, 0.1) is 0 Å². The molecule has 0 heterocycles. The fourth-order valence-electron chi connectivity index (χ4n) is 6.03. The summed E-state index contributed by atoms with van der Waals surface area (Å²) in [5, 5.41) is 53.3. The summed E-state index contributed by atoms with van der Waals surface area (Å²) in [5.41, 5.74) is 25.3. The number of allylic oxidation sites excluding steroid dienone is 1. The number of nitrogens with zero attached hydrogens (tertiary/aromatic N) is 4. The molecule has 0 fully saturated rings. The van der Waals surface area contributed by atoms with Crippen LogP contribution in [0.15, 0.2) is 129 Å². The minimum atomic E-state index is -0.968. The van der Waals surface area contributed by atoms with Crippen molar-refractivity contribution >= 4 is 54.8 Å². The molecule has 4 atom stereocenters. The number of benzene rings is 4. The van der Waals surface area contributed by atoms with Gasteiger partial charge in [-0.3, -0.25) is 39.1 Å². The molecule has 0 amide bonds. The zero-order valence-electron chi connectivity index (χ0n) is 42.2. The van der Waals surface area contributed by atoms with E-state index in [9.17, 15) is 29.4 Å². The highest BCUT2D eigenvalue weighted by molar-refractivity contribution is 5.83. The van der Waals surface area contributed by atoms with Crippen molar-refractivity contribution in [3.63, 3.8) is 0 Å². The Bertz CT molecular complexity index is 2330. The van der Waals surface area contributed by atoms with E-state index >= 15 is 0 Å². The molecule has 4 aromatic rings. The fourth-order valence-corrected chi connectivity index (χ4v) is 6.03. The maximum Gasteiger partial charge on any atom is 0.320 e. The van der Waals surface area contributed by atoms with Crippen molar-refractivity contribution in [2.75, 3.05) is 33.3 Å². The van der Waals surface area contributed by atoms with E-state index in [1.54, 1.807) is 55.0 Å². The van der Waals surface area contributed by atoms with Gasteiger partial charge >= 0.3 is 23.9 Å². The second kappa shape index (κ2) is 41.0. The molecular formula is C55H76N8O11. The third kappa shape index (κ3) is 33.1. The third-order valence-corrected chi connectivity index (χ3v) is 10.4. The Labute approximate surface area is 434 Å². The zero-order valence-corrected chi connectivity index (χ0v) is 42.2. The molecule has 0 aromatic heterocycles. The monoisotopic (exact) mass is 1020 g/mol. The highest BCUT2D eigenvalue weighted by Crippen LogP contribution is 2.25. The van der Waals surface area contributed by atoms with E-state index in [1.165, 1.54) is 7.11 Å². The van der Waals surface area contributed by atoms with Gasteiger partial charge in [0.05, 0.1) is 7.11 Å². The molecule has 0 aliphatic rings. The summed E-state index contributed by atoms with van der Waals surface area (Å²) in [6.07, 6.45) is 19.1. The van der Waals surface area contributed by atoms with Crippen LogP contribution in [-0.4, -0.2) is 137 Å². The van der Waals surface area contributed by atoms with Crippen molar-refractivity contribution in [3.05, 3.63) is 131 Å². The van der Waals surface area contributed by atoms with E-state index in [-0.39, 0.29) is 11.5 Å². The van der Waals surface area contributed by atoms with Gasteiger partial charge in [-0.1, -0.05) is 78.9 Å². The van der Waals surface area contributed by atoms with Crippen LogP contribution in [0.25, 0.3) is 6.08 Å². The first-order valence-electron chi connectivity index (χ1n) is 24.4. The maximum absolute atomic E-state index is 10.5. The number of unbranched alkanes of at least 4 members (excludes halogenated alkanes) is 4. The normalized spacial score (nSPS) is 12.8. The van der Waals surface area contributed by atoms with Gasteiger partial charge in [-0.15, -0.1) is 0 Å². The van der Waals surface area contributed by atoms with Crippen molar-refractivity contribution in [2.24, 2.45) is 42.9 Å². The number of aromatic hydroxyl groups is 2. The van der Waals surface area contributed by atoms with Gasteiger partial charge in [-0.25, -0.2) is 0 Å². The van der Waals surface area contributed by atoms with Gasteiger partial charge in [-0.05, 0) is 130 Å². The lowest BCUT2D eigenvalue weighted by molar-refractivity contribution is -0.139. The molecule has 0 spiro atoms. The SMILES string of the molecule is COc1cc(C=NCCCCC(N)C(=O)O)ccc1O.NC(CCCCN=C/C=C/c1ccccc1)C(=O)O.NC(CCCCN=Cc1ccccc1)C(=O)O.NC(CCCCN=Cc1ccccc1O)C(=O)O. The lowest BCUT2D eigenvalue weighted by Gasteiger charge is -2.04. The highest BCUT2D eigenvalue weighted by Gasteiger charge is 2.12. The first kappa shape index (κ1) is 64.4. The first-order chi connectivity index (χ1) is 35.5. The standard InChI is InChI=1S/C15H20N2O2.C14H20N2O4.C13H18N2O3.C13H18N2O2/c16-14(15(18)19)10-4-5-11-17-12-6-9-13-7-2-1-3-8-13;1-20-13-8-10(5-6-12(13)17)9-16-7-3-2-4-11(15)14(18)19;14-11(13(17)18)6-3-4-8-15-9-10-5-1-2-7-12(10)16;14-12(13(16)17)8-4-5-9-15-10-11-6-2-1-3-7-11/h1-3,6-9,12,14H,4-5,10-11,16H2,(H,18,19);5-6,8-9,11,17H,2-4,7,15H2,1H3,(H,18,19);1-2,5,7,9,11,16H,3-4,6,8,14H2,(H,17,18);1-3,6-7,10,12H,4-5,8-9,14H2,(H,16,17)/b9-6+,17-12?;;;. The van der Waals surface area contributed by atoms with Gasteiger partial charge in [0.1, 0.15) is 29.9 Å². The van der Waals surface area contributed by atoms with E-state index in [4.69, 9.17) is 48.1 Å². The smallest absolute Gasteiger partial charge is 0.320 e. The van der Waals surface area contributed by atoms with Crippen LogP contribution in [0.2, 0.25) is 0 Å². The Kier molecular flexibility index (Phi) is 35.7. The van der Waals surface area contributed by atoms with E-state index in [0.29, 0.717) is 63.2 Å². The van der Waals surface area contributed by atoms with Crippen molar-refractivity contribution in [1.29, 1.82) is 0 Å². The molecule has 14 N–H and O–H groups in total. The highest BCUT2D eigenvalue weighted by atomic mass is 16.5. The van der Waals surface area contributed by atoms with Crippen LogP contribution < -0.4 is 27.7 Å². The lowest BCUT2D eigenvalue weighted by atomic mass is 10.1. The Hall–Kier alpha value is -7.58. The van der Waals surface area contributed by atoms with Gasteiger partial charge in [0.15, 0.2) is 11.5 Å². The number of carboxylic acids is 4. The number of nitrogens with two attached hydrogens (primary N) is 4. The summed E-state index contributed by atoms with van der Waals surface area (Å²) >= 11 is 0. The molecule has 0 aliphatic heterocycles. The van der Waals surface area contributed by atoms with Crippen molar-refractivity contribution in [2.45, 2.75) is 101 Å². The zero-order chi connectivity index (χ0) is 54.8. The summed E-state index contributed by atoms with van der Waals surface area (Å²) in [6, 6.07) is 28.8. The first-order valence-corrected chi connectivity index (χ1v) is 24.4. The topological polar surface area (TPSA) is 352 Å². The van der Waals surface area contributed by atoms with Gasteiger partial charge in [0, 0.05) is 56.6 Å². The number of rotatable bonds is 30. The molecule has 0 radical (unpaired) electrons. The molecule has 74 heavy (non-hydrogen) atoms. The number of ether oxygens (including phenoxy) is 1. The molecule has 0 bridgehead atoms. The summed E-state index contributed by atoms with van der Waals surface area (Å²) in [4.78, 5) is 58.8. The summed E-state index contributed by atoms with van der Waals surface area (Å²) in [7, 11) is 1.49. The van der Waals surface area contributed by atoms with Crippen LogP contribution in [0.1, 0.15) is 99.3 Å². The number of para-hydroxylation sites is 1. The quantitative estimate of drug-likeness (QED) is 0.0189. The molecule has 0 saturated carbocycles. The minimum absolute atomic E-state index is 0.0901. The molecule has 4 unspecified atom stereocenters. The molecule has 0 aliphatic carbocycles. The van der Waals surface area contributed by atoms with E-state index in [0.717, 1.165) is 68.1 Å². The Balaban J connectivity index is 0.000000494. The number of aliphatic imine (C=N–C) groups is 4. The summed E-state index contributed by atoms with van der Waals surface area (Å²) < 4.78 is 5.00. The Morgan fingerprint density at radius 3 is 1.30 bits per heavy atom. The van der Waals surface area contributed by atoms with Crippen LogP contribution >= 0.6 is 0 Å². The largest absolute Gasteiger partial charge is 0.507 e. The molecule has 402 valence electrons. The molecule has 0 saturated heterocycles. The third-order valence-electron chi connectivity index (χ3n) is 10.4. The van der Waals surface area contributed by atoms with Crippen LogP contribution in [0.5, 0.6) is 17.2 Å². The van der Waals surface area contributed by atoms with Crippen molar-refractivity contribution in [3.8, 4) is 17.2 Å². The Morgan fingerprint density at radius 1 is 0.473 bits per heavy atom. The fraction of sp³-hybridized carbons (Fsp3) is 0.382. The van der Waals surface area contributed by atoms with Gasteiger partial charge in [-0.2, -0.15) is 0 Å². The minimum Gasteiger partial charge on any atom is -0.507 e. The molecule has 19 heteroatoms. The van der Waals surface area contributed by atoms with Gasteiger partial charge < -0.3 is 58.3 Å². The predicted molar refractivity (Wildman–Crippen MR) is 293 cm³/mol. The number of carbonyl (C=O) groups is 4. The number of hydrogen-bond acceptors (Lipinski definition) is 15. The average Bonchev–Trinajstić information content (AvgIpc) is 3.39. The maximum atomic E-state index is 10.5. The number of aliphatic carboxylic acids is 4. The van der Waals surface area contributed by atoms with E-state index in [2.05, 4.69) is 20.0 Å². The predicted octanol–water partition coefficient (Wildman–Crippen LogP) is 6.84. The van der Waals surface area contributed by atoms with Gasteiger partial charge in [0.25, 0.3) is 0 Å². The van der Waals surface area contributed by atoms with E-state index in [1.807, 2.05) is 85.1 Å². The van der Waals surface area contributed by atoms with Crippen LogP contribution in [0.3, 0.4) is 0 Å². The molecule has 19 nitrogen and oxygen atoms in total. The molecular weight excluding hydrogens is 949 g/mol. The number of phenols is 2. The Morgan fingerprint density at radius 2 is 0.865 bits per heavy atom. The summed E-state index contributed by atoms with van der Waals surface area (Å²) in [6.45, 7) is 2.61.